The van der Waals surface area contributed by atoms with Crippen molar-refractivity contribution in [2.75, 3.05) is 0 Å². The van der Waals surface area contributed by atoms with Crippen molar-refractivity contribution in [1.82, 2.24) is 0 Å². The molecule has 0 saturated heterocycles. The van der Waals surface area contributed by atoms with Crippen molar-refractivity contribution in [3.63, 3.8) is 0 Å². The largest absolute Gasteiger partial charge is 0.0776 e. The highest BCUT2D eigenvalue weighted by molar-refractivity contribution is 5.95. The first-order chi connectivity index (χ1) is 29.7. The zero-order valence-corrected chi connectivity index (χ0v) is 33.2. The zero-order valence-electron chi connectivity index (χ0n) is 33.2. The van der Waals surface area contributed by atoms with Gasteiger partial charge in [0.25, 0.3) is 0 Å². The van der Waals surface area contributed by atoms with Crippen LogP contribution in [0.2, 0.25) is 0 Å². The van der Waals surface area contributed by atoms with Crippen molar-refractivity contribution in [3.8, 4) is 100 Å². The molecule has 61 heavy (non-hydrogen) atoms. The summed E-state index contributed by atoms with van der Waals surface area (Å²) >= 11 is 0. The summed E-state index contributed by atoms with van der Waals surface area (Å²) in [7, 11) is 0. The predicted molar refractivity (Wildman–Crippen MR) is 262 cm³/mol. The van der Waals surface area contributed by atoms with Crippen molar-refractivity contribution in [3.05, 3.63) is 255 Å². The van der Waals surface area contributed by atoms with Crippen LogP contribution in [0.15, 0.2) is 255 Å². The maximum atomic E-state index is 2.27. The summed E-state index contributed by atoms with van der Waals surface area (Å²) in [4.78, 5) is 0. The van der Waals surface area contributed by atoms with Crippen LogP contribution in [0.1, 0.15) is 7.43 Å². The highest BCUT2D eigenvalue weighted by Gasteiger charge is 2.16. The fraction of sp³-hybridized carbons (Fsp3) is 0.0164. The molecule has 0 heteroatoms. The van der Waals surface area contributed by atoms with Crippen LogP contribution in [0.5, 0.6) is 0 Å². The van der Waals surface area contributed by atoms with E-state index >= 15 is 0 Å². The van der Waals surface area contributed by atoms with Gasteiger partial charge in [-0.15, -0.1) is 0 Å². The van der Waals surface area contributed by atoms with E-state index in [0.717, 1.165) is 0 Å². The second-order valence-electron chi connectivity index (χ2n) is 15.3. The lowest BCUT2D eigenvalue weighted by molar-refractivity contribution is 1.75. The summed E-state index contributed by atoms with van der Waals surface area (Å²) in [5.74, 6) is 0. The number of hydrogen-bond donors (Lipinski definition) is 0. The first-order valence-electron chi connectivity index (χ1n) is 20.7. The summed E-state index contributed by atoms with van der Waals surface area (Å²) in [5, 5.41) is 0. The second-order valence-corrected chi connectivity index (χ2v) is 15.3. The average Bonchev–Trinajstić information content (AvgIpc) is 4.05. The van der Waals surface area contributed by atoms with Gasteiger partial charge < -0.3 is 0 Å². The molecule has 0 radical (unpaired) electrons. The van der Waals surface area contributed by atoms with Crippen molar-refractivity contribution < 1.29 is 0 Å². The Hall–Kier alpha value is -7.80. The lowest BCUT2D eigenvalue weighted by Crippen LogP contribution is -1.76. The van der Waals surface area contributed by atoms with Crippen LogP contribution < -0.4 is 0 Å². The fourth-order valence-corrected chi connectivity index (χ4v) is 8.51. The maximum absolute atomic E-state index is 2.27. The lowest BCUT2D eigenvalue weighted by atomic mass is 10.0. The molecule has 0 heterocycles. The van der Waals surface area contributed by atoms with Gasteiger partial charge in [-0.3, -0.25) is 0 Å². The minimum absolute atomic E-state index is 0. The van der Waals surface area contributed by atoms with Crippen LogP contribution >= 0.6 is 0 Å². The molecule has 0 unspecified atom stereocenters. The van der Waals surface area contributed by atoms with Crippen LogP contribution in [0.3, 0.4) is 0 Å². The van der Waals surface area contributed by atoms with Gasteiger partial charge >= 0.3 is 0 Å². The highest BCUT2D eigenvalue weighted by Crippen LogP contribution is 2.42. The molecule has 0 bridgehead atoms. The van der Waals surface area contributed by atoms with Crippen LogP contribution in [0.25, 0.3) is 100 Å². The Morgan fingerprint density at radius 3 is 0.754 bits per heavy atom. The summed E-state index contributed by atoms with van der Waals surface area (Å²) in [5.41, 5.74) is 23.4. The van der Waals surface area contributed by atoms with E-state index < -0.39 is 0 Å². The maximum Gasteiger partial charge on any atom is -0.00990 e. The minimum atomic E-state index is 0. The molecule has 0 nitrogen and oxygen atoms in total. The van der Waals surface area contributed by atoms with Crippen LogP contribution in [-0.4, -0.2) is 0 Å². The highest BCUT2D eigenvalue weighted by atomic mass is 14.2. The second kappa shape index (κ2) is 17.6. The Balaban J connectivity index is 0.000000116. The molecule has 0 saturated carbocycles. The van der Waals surface area contributed by atoms with E-state index in [1.807, 2.05) is 0 Å². The van der Waals surface area contributed by atoms with Gasteiger partial charge in [0.1, 0.15) is 0 Å². The Bertz CT molecular complexity index is 2880. The first kappa shape index (κ1) is 38.7. The molecule has 12 aliphatic carbocycles. The molecular weight excluding hydrogens is 733 g/mol. The number of hydrogen-bond acceptors (Lipinski definition) is 0. The molecule has 12 aliphatic rings. The molecular formula is C61H46. The molecule has 0 atom stereocenters. The van der Waals surface area contributed by atoms with Crippen LogP contribution in [0.4, 0.5) is 0 Å². The lowest BCUT2D eigenvalue weighted by Gasteiger charge is -2.03. The standard InChI is InChI=1S/3C20H14.CH4/c1-3-7-15-11-13-19(17(15)9-5-1)20-14-12-16-8-4-2-6-10-18(16)20;1-3-7-15-11-19(12-16(15)8-4-1)20-13-17-9-5-2-6-10-18(17)14-20;1-2-8-16-13-18(14-17(16)9-3-1)20-11-5-4-7-15-10-6-12-19(15)20;/h3*1-14H;1H4. The molecule has 0 amide bonds. The number of rotatable bonds is 3. The quantitative estimate of drug-likeness (QED) is 0.168. The van der Waals surface area contributed by atoms with Crippen molar-refractivity contribution in [2.24, 2.45) is 0 Å². The van der Waals surface area contributed by atoms with Gasteiger partial charge in [-0.25, -0.2) is 0 Å². The third-order valence-corrected chi connectivity index (χ3v) is 11.5. The Morgan fingerprint density at radius 2 is 0.361 bits per heavy atom. The summed E-state index contributed by atoms with van der Waals surface area (Å²) in [6.07, 6.45) is 0. The van der Waals surface area contributed by atoms with E-state index in [-0.39, 0.29) is 7.43 Å². The molecule has 0 aromatic carbocycles. The van der Waals surface area contributed by atoms with Crippen LogP contribution in [-0.2, 0) is 0 Å². The molecule has 0 spiro atoms. The van der Waals surface area contributed by atoms with E-state index in [4.69, 9.17) is 0 Å². The average molecular weight is 779 g/mol. The van der Waals surface area contributed by atoms with Gasteiger partial charge in [0.05, 0.1) is 0 Å². The van der Waals surface area contributed by atoms with E-state index in [1.165, 1.54) is 100 Å². The molecule has 0 N–H and O–H groups in total. The normalized spacial score (nSPS) is 10.8. The molecule has 0 aliphatic heterocycles. The van der Waals surface area contributed by atoms with Gasteiger partial charge in [0.2, 0.25) is 0 Å². The summed E-state index contributed by atoms with van der Waals surface area (Å²) in [6, 6.07) is 90.6. The Kier molecular flexibility index (Phi) is 11.2. The SMILES string of the molecule is C.c1ccc2cc(-c3cc4cccccc-4c3)cc-2cc1.c1ccc2cc(-c3ccccc4cccc3-4)cc-2cc1.c1ccc2ccc(-c3ccc4cccccc3-4)c-2cc1. The van der Waals surface area contributed by atoms with Gasteiger partial charge in [-0.05, 0) is 137 Å². The monoisotopic (exact) mass is 778 g/mol. The predicted octanol–water partition coefficient (Wildman–Crippen LogP) is 17.3. The number of fused-ring (bicyclic) bond motifs is 6. The molecule has 12 rings (SSSR count). The van der Waals surface area contributed by atoms with Crippen molar-refractivity contribution in [2.45, 2.75) is 7.43 Å². The molecule has 0 aromatic rings. The Morgan fingerprint density at radius 1 is 0.131 bits per heavy atom. The van der Waals surface area contributed by atoms with Gasteiger partial charge in [0, 0.05) is 0 Å². The molecule has 290 valence electrons. The zero-order chi connectivity index (χ0) is 40.1. The van der Waals surface area contributed by atoms with E-state index in [9.17, 15) is 0 Å². The van der Waals surface area contributed by atoms with Gasteiger partial charge in [-0.1, -0.05) is 226 Å². The molecule has 0 aromatic heterocycles. The van der Waals surface area contributed by atoms with Crippen molar-refractivity contribution >= 4 is 0 Å². The fourth-order valence-electron chi connectivity index (χ4n) is 8.51. The smallest absolute Gasteiger partial charge is 0.00990 e. The summed E-state index contributed by atoms with van der Waals surface area (Å²) < 4.78 is 0. The Labute approximate surface area is 360 Å². The van der Waals surface area contributed by atoms with Crippen LogP contribution in [0, 0.1) is 0 Å². The van der Waals surface area contributed by atoms with Gasteiger partial charge in [-0.2, -0.15) is 0 Å². The minimum Gasteiger partial charge on any atom is -0.0776 e. The third kappa shape index (κ3) is 8.13. The summed E-state index contributed by atoms with van der Waals surface area (Å²) in [6.45, 7) is 0. The molecule has 0 fully saturated rings. The van der Waals surface area contributed by atoms with E-state index in [0.29, 0.717) is 0 Å². The van der Waals surface area contributed by atoms with E-state index in [2.05, 4.69) is 255 Å². The topological polar surface area (TPSA) is 0 Å². The van der Waals surface area contributed by atoms with Crippen molar-refractivity contribution in [1.29, 1.82) is 0 Å². The van der Waals surface area contributed by atoms with E-state index in [1.54, 1.807) is 0 Å². The third-order valence-electron chi connectivity index (χ3n) is 11.5. The first-order valence-corrected chi connectivity index (χ1v) is 20.7. The van der Waals surface area contributed by atoms with Gasteiger partial charge in [0.15, 0.2) is 0 Å².